The van der Waals surface area contributed by atoms with Gasteiger partial charge in [0.05, 0.1) is 5.56 Å². The SMILES string of the molecule is CC1(C)OC(C)(C)C2(OC2c2cc(-c3ccc(Cl)cc3)ccc2C(F)(F)F)C1=O. The van der Waals surface area contributed by atoms with Gasteiger partial charge < -0.3 is 9.47 Å². The molecular formula is C22H20ClF3O3. The van der Waals surface area contributed by atoms with Gasteiger partial charge in [-0.1, -0.05) is 29.8 Å². The standard InChI is InChI=1S/C22H20ClF3O3/c1-19(2)18(27)21(20(3,4)29-19)17(28-21)15-11-13(7-10-16(15)22(24,25)26)12-5-8-14(23)9-6-12/h5-11,17H,1-4H3. The van der Waals surface area contributed by atoms with Crippen LogP contribution in [0.1, 0.15) is 44.9 Å². The maximum Gasteiger partial charge on any atom is 0.416 e. The summed E-state index contributed by atoms with van der Waals surface area (Å²) in [4.78, 5) is 13.0. The molecular weight excluding hydrogens is 405 g/mol. The molecule has 2 atom stereocenters. The molecule has 0 radical (unpaired) electrons. The number of alkyl halides is 3. The molecule has 0 saturated carbocycles. The van der Waals surface area contributed by atoms with Crippen molar-refractivity contribution in [3.05, 3.63) is 58.6 Å². The first-order valence-corrected chi connectivity index (χ1v) is 9.57. The lowest BCUT2D eigenvalue weighted by atomic mass is 9.80. The van der Waals surface area contributed by atoms with Gasteiger partial charge in [-0.05, 0) is 68.7 Å². The van der Waals surface area contributed by atoms with Crippen LogP contribution in [-0.4, -0.2) is 22.6 Å². The Morgan fingerprint density at radius 3 is 2.07 bits per heavy atom. The molecule has 154 valence electrons. The molecule has 0 amide bonds. The van der Waals surface area contributed by atoms with E-state index in [1.54, 1.807) is 52.0 Å². The molecule has 0 aromatic heterocycles. The number of Topliss-reactive ketones (excluding diaryl/α,β-unsaturated/α-hetero) is 1. The Kier molecular flexibility index (Phi) is 4.26. The number of halogens is 4. The first-order chi connectivity index (χ1) is 13.3. The third kappa shape index (κ3) is 3.00. The van der Waals surface area contributed by atoms with Crippen molar-refractivity contribution in [3.8, 4) is 11.1 Å². The highest BCUT2D eigenvalue weighted by Crippen LogP contribution is 2.64. The second kappa shape index (κ2) is 6.06. The number of hydrogen-bond donors (Lipinski definition) is 0. The minimum absolute atomic E-state index is 0.0623. The van der Waals surface area contributed by atoms with Gasteiger partial charge in [0.2, 0.25) is 5.78 Å². The third-order valence-corrected chi connectivity index (χ3v) is 5.97. The molecule has 2 aromatic rings. The maximum atomic E-state index is 13.8. The summed E-state index contributed by atoms with van der Waals surface area (Å²) in [6.07, 6.45) is -5.61. The van der Waals surface area contributed by atoms with E-state index in [0.29, 0.717) is 16.1 Å². The molecule has 2 unspecified atom stereocenters. The van der Waals surface area contributed by atoms with E-state index < -0.39 is 34.6 Å². The summed E-state index contributed by atoms with van der Waals surface area (Å²) in [5.41, 5.74) is -3.21. The fraction of sp³-hybridized carbons (Fsp3) is 0.409. The predicted octanol–water partition coefficient (Wildman–Crippen LogP) is 5.99. The Labute approximate surface area is 171 Å². The first-order valence-electron chi connectivity index (χ1n) is 9.19. The Bertz CT molecular complexity index is 995. The molecule has 0 aliphatic carbocycles. The highest BCUT2D eigenvalue weighted by Gasteiger charge is 2.79. The van der Waals surface area contributed by atoms with Gasteiger partial charge >= 0.3 is 6.18 Å². The smallest absolute Gasteiger partial charge is 0.358 e. The van der Waals surface area contributed by atoms with Crippen molar-refractivity contribution < 1.29 is 27.4 Å². The van der Waals surface area contributed by atoms with Crippen molar-refractivity contribution in [2.45, 2.75) is 56.8 Å². The van der Waals surface area contributed by atoms with Gasteiger partial charge in [-0.25, -0.2) is 0 Å². The van der Waals surface area contributed by atoms with E-state index in [4.69, 9.17) is 21.1 Å². The lowest BCUT2D eigenvalue weighted by Crippen LogP contribution is -2.41. The molecule has 2 saturated heterocycles. The van der Waals surface area contributed by atoms with Crippen LogP contribution >= 0.6 is 11.6 Å². The number of carbonyl (C=O) groups excluding carboxylic acids is 1. The van der Waals surface area contributed by atoms with E-state index in [0.717, 1.165) is 6.07 Å². The van der Waals surface area contributed by atoms with Crippen LogP contribution in [0.25, 0.3) is 11.1 Å². The molecule has 4 rings (SSSR count). The Morgan fingerprint density at radius 1 is 0.966 bits per heavy atom. The zero-order valence-corrected chi connectivity index (χ0v) is 17.1. The number of benzene rings is 2. The largest absolute Gasteiger partial charge is 0.416 e. The maximum absolute atomic E-state index is 13.8. The number of hydrogen-bond acceptors (Lipinski definition) is 3. The lowest BCUT2D eigenvalue weighted by Gasteiger charge is -2.24. The van der Waals surface area contributed by atoms with Crippen LogP contribution in [0.3, 0.4) is 0 Å². The van der Waals surface area contributed by atoms with Crippen molar-refractivity contribution in [2.75, 3.05) is 0 Å². The quantitative estimate of drug-likeness (QED) is 0.555. The van der Waals surface area contributed by atoms with Crippen LogP contribution < -0.4 is 0 Å². The van der Waals surface area contributed by atoms with Crippen LogP contribution in [0.4, 0.5) is 13.2 Å². The second-order valence-electron chi connectivity index (χ2n) is 8.49. The van der Waals surface area contributed by atoms with Crippen molar-refractivity contribution in [3.63, 3.8) is 0 Å². The van der Waals surface area contributed by atoms with Gasteiger partial charge in [0.25, 0.3) is 0 Å². The number of carbonyl (C=O) groups is 1. The van der Waals surface area contributed by atoms with Crippen LogP contribution in [0.5, 0.6) is 0 Å². The summed E-state index contributed by atoms with van der Waals surface area (Å²) < 4.78 is 52.9. The second-order valence-corrected chi connectivity index (χ2v) is 8.93. The van der Waals surface area contributed by atoms with Gasteiger partial charge in [-0.2, -0.15) is 13.2 Å². The Balaban J connectivity index is 1.84. The summed E-state index contributed by atoms with van der Waals surface area (Å²) in [7, 11) is 0. The van der Waals surface area contributed by atoms with Crippen LogP contribution in [0.2, 0.25) is 5.02 Å². The average Bonchev–Trinajstić information content (AvgIpc) is 3.34. The fourth-order valence-electron chi connectivity index (χ4n) is 4.40. The van der Waals surface area contributed by atoms with Crippen molar-refractivity contribution in [1.29, 1.82) is 0 Å². The minimum atomic E-state index is -4.58. The van der Waals surface area contributed by atoms with Crippen LogP contribution in [-0.2, 0) is 20.4 Å². The van der Waals surface area contributed by atoms with E-state index in [9.17, 15) is 18.0 Å². The number of epoxide rings is 1. The number of rotatable bonds is 2. The summed E-state index contributed by atoms with van der Waals surface area (Å²) >= 11 is 5.91. The number of ether oxygens (including phenoxy) is 2. The molecule has 1 spiro atoms. The van der Waals surface area contributed by atoms with Gasteiger partial charge in [-0.15, -0.1) is 0 Å². The molecule has 2 fully saturated rings. The van der Waals surface area contributed by atoms with Gasteiger partial charge in [0.15, 0.2) is 5.60 Å². The predicted molar refractivity (Wildman–Crippen MR) is 103 cm³/mol. The summed E-state index contributed by atoms with van der Waals surface area (Å²) in [6, 6.07) is 10.7. The molecule has 29 heavy (non-hydrogen) atoms. The van der Waals surface area contributed by atoms with Crippen molar-refractivity contribution in [2.24, 2.45) is 0 Å². The highest BCUT2D eigenvalue weighted by molar-refractivity contribution is 6.30. The van der Waals surface area contributed by atoms with Crippen molar-refractivity contribution >= 4 is 17.4 Å². The normalized spacial score (nSPS) is 27.4. The van der Waals surface area contributed by atoms with Gasteiger partial charge in [0, 0.05) is 5.02 Å². The molecule has 2 heterocycles. The van der Waals surface area contributed by atoms with Crippen molar-refractivity contribution in [1.82, 2.24) is 0 Å². The van der Waals surface area contributed by atoms with Gasteiger partial charge in [-0.3, -0.25) is 4.79 Å². The van der Waals surface area contributed by atoms with Crippen LogP contribution in [0, 0.1) is 0 Å². The molecule has 0 bridgehead atoms. The molecule has 3 nitrogen and oxygen atoms in total. The first kappa shape index (κ1) is 20.4. The summed E-state index contributed by atoms with van der Waals surface area (Å²) in [5.74, 6) is -0.343. The van der Waals surface area contributed by atoms with E-state index in [-0.39, 0.29) is 11.3 Å². The Hall–Kier alpha value is -1.89. The average molecular weight is 425 g/mol. The molecule has 0 N–H and O–H groups in total. The molecule has 2 aliphatic heterocycles. The molecule has 2 aliphatic rings. The minimum Gasteiger partial charge on any atom is -0.358 e. The molecule has 2 aromatic carbocycles. The third-order valence-electron chi connectivity index (χ3n) is 5.72. The van der Waals surface area contributed by atoms with E-state index in [1.165, 1.54) is 12.1 Å². The zero-order chi connectivity index (χ0) is 21.4. The topological polar surface area (TPSA) is 38.8 Å². The van der Waals surface area contributed by atoms with Gasteiger partial charge in [0.1, 0.15) is 17.3 Å². The summed E-state index contributed by atoms with van der Waals surface area (Å²) in [5, 5.41) is 0.531. The van der Waals surface area contributed by atoms with E-state index in [2.05, 4.69) is 0 Å². The monoisotopic (exact) mass is 424 g/mol. The zero-order valence-electron chi connectivity index (χ0n) is 16.4. The summed E-state index contributed by atoms with van der Waals surface area (Å²) in [6.45, 7) is 6.57. The lowest BCUT2D eigenvalue weighted by molar-refractivity contribution is -0.138. The fourth-order valence-corrected chi connectivity index (χ4v) is 4.53. The highest BCUT2D eigenvalue weighted by atomic mass is 35.5. The molecule has 7 heteroatoms. The van der Waals surface area contributed by atoms with E-state index >= 15 is 0 Å². The van der Waals surface area contributed by atoms with Crippen LogP contribution in [0.15, 0.2) is 42.5 Å². The Morgan fingerprint density at radius 2 is 1.55 bits per heavy atom. The van der Waals surface area contributed by atoms with E-state index in [1.807, 2.05) is 0 Å². The number of ketones is 1.